The van der Waals surface area contributed by atoms with Gasteiger partial charge in [-0.25, -0.2) is 14.4 Å². The lowest BCUT2D eigenvalue weighted by atomic mass is 10.1. The molecule has 0 aromatic heterocycles. The van der Waals surface area contributed by atoms with E-state index in [1.54, 1.807) is 41.5 Å². The Kier molecular flexibility index (Phi) is 5.24. The summed E-state index contributed by atoms with van der Waals surface area (Å²) in [5, 5.41) is 0. The van der Waals surface area contributed by atoms with Gasteiger partial charge in [-0.3, -0.25) is 0 Å². The number of hydrogen-bond acceptors (Lipinski definition) is 6. The average molecular weight is 339 g/mol. The number of terminal acetylenes is 1. The van der Waals surface area contributed by atoms with Crippen molar-refractivity contribution in [3.05, 3.63) is 0 Å². The minimum Gasteiger partial charge on any atom is -0.467 e. The molecule has 0 heterocycles. The third kappa shape index (κ3) is 4.19. The summed E-state index contributed by atoms with van der Waals surface area (Å²) in [5.74, 6) is 0.979. The Balaban J connectivity index is 3.28. The fraction of sp³-hybridized carbons (Fsp3) is 0.706. The van der Waals surface area contributed by atoms with Gasteiger partial charge in [0, 0.05) is 6.42 Å². The Morgan fingerprint density at radius 2 is 1.46 bits per heavy atom. The molecule has 1 aliphatic rings. The van der Waals surface area contributed by atoms with Crippen molar-refractivity contribution in [2.45, 2.75) is 64.7 Å². The Morgan fingerprint density at radius 3 is 1.71 bits per heavy atom. The number of ether oxygens (including phenoxy) is 3. The van der Waals surface area contributed by atoms with E-state index < -0.39 is 40.8 Å². The monoisotopic (exact) mass is 339 g/mol. The van der Waals surface area contributed by atoms with Gasteiger partial charge in [-0.2, -0.15) is 4.90 Å². The van der Waals surface area contributed by atoms with Crippen LogP contribution in [0.1, 0.15) is 48.0 Å². The standard InChI is InChI=1S/C17H25NO6/c1-9-11-10-17(11,12(19)22-8)18(13(20)23-15(2,3)4)14(21)24-16(5,6)7/h1,11H,10H2,2-8H3/t11-,17-/m0/s1. The molecular weight excluding hydrogens is 314 g/mol. The summed E-state index contributed by atoms with van der Waals surface area (Å²) in [6, 6.07) is 0. The van der Waals surface area contributed by atoms with Gasteiger partial charge in [0.1, 0.15) is 11.2 Å². The molecule has 0 radical (unpaired) electrons. The first-order chi connectivity index (χ1) is 10.8. The molecule has 0 aromatic carbocycles. The number of methoxy groups -OCH3 is 1. The van der Waals surface area contributed by atoms with E-state index in [1.165, 1.54) is 7.11 Å². The van der Waals surface area contributed by atoms with Crippen LogP contribution in [-0.4, -0.2) is 46.9 Å². The number of esters is 1. The zero-order valence-corrected chi connectivity index (χ0v) is 15.3. The van der Waals surface area contributed by atoms with E-state index >= 15 is 0 Å². The summed E-state index contributed by atoms with van der Waals surface area (Å²) in [6.07, 6.45) is 3.51. The first kappa shape index (κ1) is 19.8. The zero-order chi connectivity index (χ0) is 18.9. The molecule has 1 aliphatic carbocycles. The van der Waals surface area contributed by atoms with Crippen LogP contribution in [0.2, 0.25) is 0 Å². The summed E-state index contributed by atoms with van der Waals surface area (Å²) in [4.78, 5) is 38.1. The first-order valence-corrected chi connectivity index (χ1v) is 7.59. The van der Waals surface area contributed by atoms with E-state index in [2.05, 4.69) is 5.92 Å². The fourth-order valence-electron chi connectivity index (χ4n) is 2.21. The highest BCUT2D eigenvalue weighted by Crippen LogP contribution is 2.50. The summed E-state index contributed by atoms with van der Waals surface area (Å²) < 4.78 is 15.3. The first-order valence-electron chi connectivity index (χ1n) is 7.59. The SMILES string of the molecule is C#C[C@H]1C[C@]1(C(=O)OC)N(C(=O)OC(C)(C)C)C(=O)OC(C)(C)C. The third-order valence-electron chi connectivity index (χ3n) is 3.22. The second-order valence-electron chi connectivity index (χ2n) is 7.64. The van der Waals surface area contributed by atoms with Crippen molar-refractivity contribution in [1.29, 1.82) is 0 Å². The Hall–Kier alpha value is -2.23. The third-order valence-corrected chi connectivity index (χ3v) is 3.22. The van der Waals surface area contributed by atoms with E-state index in [-0.39, 0.29) is 6.42 Å². The van der Waals surface area contributed by atoms with E-state index in [1.807, 2.05) is 0 Å². The van der Waals surface area contributed by atoms with Crippen LogP contribution in [0, 0.1) is 18.3 Å². The second kappa shape index (κ2) is 6.34. The van der Waals surface area contributed by atoms with Crippen molar-refractivity contribution >= 4 is 18.2 Å². The number of carbonyl (C=O) groups is 3. The molecule has 1 rings (SSSR count). The number of nitrogens with zero attached hydrogens (tertiary/aromatic N) is 1. The van der Waals surface area contributed by atoms with E-state index in [4.69, 9.17) is 20.6 Å². The number of amides is 2. The number of imide groups is 1. The van der Waals surface area contributed by atoms with Gasteiger partial charge in [-0.15, -0.1) is 12.3 Å². The molecule has 0 bridgehead atoms. The highest BCUT2D eigenvalue weighted by Gasteiger charge is 2.69. The lowest BCUT2D eigenvalue weighted by Gasteiger charge is -2.32. The molecule has 2 atom stereocenters. The predicted octanol–water partition coefficient (Wildman–Crippen LogP) is 2.72. The molecule has 0 aliphatic heterocycles. The minimum atomic E-state index is -1.59. The Labute approximate surface area is 142 Å². The van der Waals surface area contributed by atoms with Gasteiger partial charge >= 0.3 is 18.2 Å². The van der Waals surface area contributed by atoms with Crippen LogP contribution >= 0.6 is 0 Å². The van der Waals surface area contributed by atoms with Gasteiger partial charge in [-0.1, -0.05) is 0 Å². The van der Waals surface area contributed by atoms with Crippen LogP contribution in [0.15, 0.2) is 0 Å². The normalized spacial score (nSPS) is 22.8. The molecule has 0 unspecified atom stereocenters. The van der Waals surface area contributed by atoms with Gasteiger partial charge in [0.05, 0.1) is 13.0 Å². The molecule has 0 saturated heterocycles. The summed E-state index contributed by atoms with van der Waals surface area (Å²) in [6.45, 7) is 9.88. The lowest BCUT2D eigenvalue weighted by Crippen LogP contribution is -2.55. The molecule has 134 valence electrons. The molecule has 24 heavy (non-hydrogen) atoms. The highest BCUT2D eigenvalue weighted by atomic mass is 16.6. The maximum absolute atomic E-state index is 12.6. The van der Waals surface area contributed by atoms with Crippen molar-refractivity contribution in [3.8, 4) is 12.3 Å². The minimum absolute atomic E-state index is 0.106. The number of rotatable bonds is 2. The van der Waals surface area contributed by atoms with Crippen molar-refractivity contribution in [1.82, 2.24) is 4.90 Å². The number of hydrogen-bond donors (Lipinski definition) is 0. The molecule has 7 nitrogen and oxygen atoms in total. The molecule has 0 spiro atoms. The Morgan fingerprint density at radius 1 is 1.04 bits per heavy atom. The summed E-state index contributed by atoms with van der Waals surface area (Å²) in [5.41, 5.74) is -3.32. The van der Waals surface area contributed by atoms with Gasteiger partial charge in [0.2, 0.25) is 0 Å². The quantitative estimate of drug-likeness (QED) is 0.437. The fourth-order valence-corrected chi connectivity index (χ4v) is 2.21. The second-order valence-corrected chi connectivity index (χ2v) is 7.64. The molecule has 1 fully saturated rings. The molecule has 0 aromatic rings. The van der Waals surface area contributed by atoms with Gasteiger partial charge in [-0.05, 0) is 41.5 Å². The zero-order valence-electron chi connectivity index (χ0n) is 15.3. The molecule has 0 N–H and O–H groups in total. The smallest absolute Gasteiger partial charge is 0.420 e. The van der Waals surface area contributed by atoms with Crippen molar-refractivity contribution in [2.24, 2.45) is 5.92 Å². The van der Waals surface area contributed by atoms with Gasteiger partial charge in [0.15, 0.2) is 5.54 Å². The summed E-state index contributed by atoms with van der Waals surface area (Å²) in [7, 11) is 1.17. The lowest BCUT2D eigenvalue weighted by molar-refractivity contribution is -0.148. The molecular formula is C17H25NO6. The maximum Gasteiger partial charge on any atom is 0.420 e. The van der Waals surface area contributed by atoms with Crippen LogP contribution in [0.25, 0.3) is 0 Å². The number of carbonyl (C=O) groups excluding carboxylic acids is 3. The van der Waals surface area contributed by atoms with E-state index in [0.717, 1.165) is 0 Å². The average Bonchev–Trinajstić information content (AvgIpc) is 3.08. The van der Waals surface area contributed by atoms with Crippen molar-refractivity contribution < 1.29 is 28.6 Å². The van der Waals surface area contributed by atoms with Crippen molar-refractivity contribution in [2.75, 3.05) is 7.11 Å². The molecule has 1 saturated carbocycles. The van der Waals surface area contributed by atoms with E-state index in [9.17, 15) is 14.4 Å². The largest absolute Gasteiger partial charge is 0.467 e. The van der Waals surface area contributed by atoms with Crippen LogP contribution in [0.4, 0.5) is 9.59 Å². The Bertz CT molecular complexity index is 549. The molecule has 7 heteroatoms. The van der Waals surface area contributed by atoms with Crippen molar-refractivity contribution in [3.63, 3.8) is 0 Å². The maximum atomic E-state index is 12.6. The topological polar surface area (TPSA) is 82.1 Å². The van der Waals surface area contributed by atoms with Crippen LogP contribution < -0.4 is 0 Å². The van der Waals surface area contributed by atoms with Crippen LogP contribution in [0.5, 0.6) is 0 Å². The van der Waals surface area contributed by atoms with Gasteiger partial charge < -0.3 is 14.2 Å². The predicted molar refractivity (Wildman–Crippen MR) is 86.0 cm³/mol. The van der Waals surface area contributed by atoms with Gasteiger partial charge in [0.25, 0.3) is 0 Å². The van der Waals surface area contributed by atoms with E-state index in [0.29, 0.717) is 4.90 Å². The van der Waals surface area contributed by atoms with Crippen LogP contribution in [-0.2, 0) is 19.0 Å². The highest BCUT2D eigenvalue weighted by molar-refractivity contribution is 5.99. The molecule has 2 amide bonds. The summed E-state index contributed by atoms with van der Waals surface area (Å²) >= 11 is 0. The van der Waals surface area contributed by atoms with Crippen LogP contribution in [0.3, 0.4) is 0 Å².